The lowest BCUT2D eigenvalue weighted by Crippen LogP contribution is -2.58. The number of rotatable bonds is 6. The fraction of sp³-hybridized carbons (Fsp3) is 0.250. The summed E-state index contributed by atoms with van der Waals surface area (Å²) in [6.45, 7) is 0. The number of aliphatic hydroxyl groups excluding tert-OH is 1. The van der Waals surface area contributed by atoms with Crippen LogP contribution in [-0.2, 0) is 9.59 Å². The van der Waals surface area contributed by atoms with E-state index in [0.717, 1.165) is 12.1 Å². The Kier molecular flexibility index (Phi) is 4.43. The van der Waals surface area contributed by atoms with Crippen LogP contribution in [0.4, 0.5) is 0 Å². The third-order valence-electron chi connectivity index (χ3n) is 2.65. The molecule has 0 spiro atoms. The fourth-order valence-electron chi connectivity index (χ4n) is 1.48. The molecule has 0 aliphatic heterocycles. The van der Waals surface area contributed by atoms with Crippen molar-refractivity contribution < 1.29 is 39.5 Å². The van der Waals surface area contributed by atoms with Gasteiger partial charge in [0.25, 0.3) is 5.60 Å². The maximum absolute atomic E-state index is 12.0. The van der Waals surface area contributed by atoms with Gasteiger partial charge in [-0.3, -0.25) is 4.79 Å². The largest absolute Gasteiger partial charge is 0.497 e. The van der Waals surface area contributed by atoms with Crippen molar-refractivity contribution in [3.63, 3.8) is 0 Å². The van der Waals surface area contributed by atoms with E-state index in [9.17, 15) is 24.6 Å². The van der Waals surface area contributed by atoms with Crippen molar-refractivity contribution in [3.8, 4) is 5.75 Å². The predicted molar refractivity (Wildman–Crippen MR) is 63.6 cm³/mol. The summed E-state index contributed by atoms with van der Waals surface area (Å²) in [4.78, 5) is 33.6. The van der Waals surface area contributed by atoms with Crippen LogP contribution in [0.5, 0.6) is 5.75 Å². The smallest absolute Gasteiger partial charge is 0.347 e. The van der Waals surface area contributed by atoms with Gasteiger partial charge in [-0.05, 0) is 24.3 Å². The summed E-state index contributed by atoms with van der Waals surface area (Å²) in [6, 6.07) is 4.93. The minimum absolute atomic E-state index is 0.281. The standard InChI is InChI=1S/C12H12O8/c1-20-7-4-2-6(3-5-7)8(13)12(19,11(17)18)9(14)10(15)16/h2-5,9,14,19H,1H3,(H,15,16)(H,17,18)/t9-,12-/m0/s1. The second-order valence-corrected chi connectivity index (χ2v) is 3.87. The molecule has 0 radical (unpaired) electrons. The van der Waals surface area contributed by atoms with E-state index in [1.807, 2.05) is 0 Å². The summed E-state index contributed by atoms with van der Waals surface area (Å²) in [5.41, 5.74) is -3.75. The van der Waals surface area contributed by atoms with E-state index < -0.39 is 29.4 Å². The number of hydrogen-bond donors (Lipinski definition) is 4. The molecule has 2 atom stereocenters. The number of carbonyl (C=O) groups excluding carboxylic acids is 1. The third kappa shape index (κ3) is 2.60. The minimum Gasteiger partial charge on any atom is -0.497 e. The van der Waals surface area contributed by atoms with Gasteiger partial charge in [0.1, 0.15) is 5.75 Å². The number of ether oxygens (including phenoxy) is 1. The van der Waals surface area contributed by atoms with Gasteiger partial charge in [-0.15, -0.1) is 0 Å². The lowest BCUT2D eigenvalue weighted by atomic mass is 9.87. The first-order valence-electron chi connectivity index (χ1n) is 5.30. The quantitative estimate of drug-likeness (QED) is 0.390. The molecule has 0 saturated heterocycles. The molecular weight excluding hydrogens is 272 g/mol. The van der Waals surface area contributed by atoms with Crippen molar-refractivity contribution in [2.45, 2.75) is 11.7 Å². The van der Waals surface area contributed by atoms with Crippen LogP contribution in [0.3, 0.4) is 0 Å². The molecule has 0 bridgehead atoms. The number of ketones is 1. The predicted octanol–water partition coefficient (Wildman–Crippen LogP) is -0.861. The Morgan fingerprint density at radius 1 is 1.15 bits per heavy atom. The van der Waals surface area contributed by atoms with Gasteiger partial charge >= 0.3 is 11.9 Å². The molecule has 0 amide bonds. The normalized spacial score (nSPS) is 14.9. The lowest BCUT2D eigenvalue weighted by Gasteiger charge is -2.24. The molecule has 0 unspecified atom stereocenters. The number of methoxy groups -OCH3 is 1. The van der Waals surface area contributed by atoms with E-state index in [-0.39, 0.29) is 5.56 Å². The molecule has 0 aromatic heterocycles. The van der Waals surface area contributed by atoms with Gasteiger partial charge in [0.15, 0.2) is 6.10 Å². The second-order valence-electron chi connectivity index (χ2n) is 3.87. The van der Waals surface area contributed by atoms with Gasteiger partial charge in [-0.1, -0.05) is 0 Å². The molecule has 0 aliphatic rings. The van der Waals surface area contributed by atoms with Crippen LogP contribution in [0.1, 0.15) is 10.4 Å². The summed E-state index contributed by atoms with van der Waals surface area (Å²) in [6.07, 6.45) is -2.80. The summed E-state index contributed by atoms with van der Waals surface area (Å²) < 4.78 is 4.83. The number of aliphatic carboxylic acids is 2. The van der Waals surface area contributed by atoms with Gasteiger partial charge in [0.05, 0.1) is 7.11 Å². The van der Waals surface area contributed by atoms with Crippen molar-refractivity contribution >= 4 is 17.7 Å². The van der Waals surface area contributed by atoms with Crippen LogP contribution >= 0.6 is 0 Å². The Morgan fingerprint density at radius 2 is 1.65 bits per heavy atom. The Morgan fingerprint density at radius 3 is 2.00 bits per heavy atom. The van der Waals surface area contributed by atoms with E-state index in [0.29, 0.717) is 5.75 Å². The molecule has 1 aromatic carbocycles. The number of aliphatic hydroxyl groups is 2. The number of Topliss-reactive ketones (excluding diaryl/α,β-unsaturated/α-hetero) is 1. The molecule has 1 aromatic rings. The minimum atomic E-state index is -3.47. The Labute approximate surface area is 112 Å². The lowest BCUT2D eigenvalue weighted by molar-refractivity contribution is -0.175. The average molecular weight is 284 g/mol. The van der Waals surface area contributed by atoms with Crippen LogP contribution in [-0.4, -0.2) is 57.0 Å². The Bertz CT molecular complexity index is 535. The second kappa shape index (κ2) is 5.68. The Hall–Kier alpha value is -2.45. The molecular formula is C12H12O8. The molecule has 0 saturated carbocycles. The Balaban J connectivity index is 3.24. The number of carboxylic acids is 2. The van der Waals surface area contributed by atoms with Crippen LogP contribution in [0.15, 0.2) is 24.3 Å². The van der Waals surface area contributed by atoms with Crippen molar-refractivity contribution in [3.05, 3.63) is 29.8 Å². The highest BCUT2D eigenvalue weighted by molar-refractivity contribution is 6.17. The van der Waals surface area contributed by atoms with Crippen LogP contribution in [0.2, 0.25) is 0 Å². The van der Waals surface area contributed by atoms with Crippen LogP contribution in [0.25, 0.3) is 0 Å². The van der Waals surface area contributed by atoms with Gasteiger partial charge in [0, 0.05) is 5.56 Å². The van der Waals surface area contributed by atoms with Crippen LogP contribution in [0, 0.1) is 0 Å². The summed E-state index contributed by atoms with van der Waals surface area (Å²) >= 11 is 0. The van der Waals surface area contributed by atoms with Crippen LogP contribution < -0.4 is 4.74 Å². The molecule has 8 nitrogen and oxygen atoms in total. The topological polar surface area (TPSA) is 141 Å². The molecule has 1 rings (SSSR count). The number of carboxylic acid groups (broad SMARTS) is 2. The number of carbonyl (C=O) groups is 3. The first-order chi connectivity index (χ1) is 9.25. The highest BCUT2D eigenvalue weighted by Gasteiger charge is 2.54. The van der Waals surface area contributed by atoms with Crippen molar-refractivity contribution in [2.24, 2.45) is 0 Å². The van der Waals surface area contributed by atoms with E-state index in [2.05, 4.69) is 0 Å². The molecule has 0 aliphatic carbocycles. The summed E-state index contributed by atoms with van der Waals surface area (Å²) in [5.74, 6) is -5.26. The first-order valence-corrected chi connectivity index (χ1v) is 5.30. The van der Waals surface area contributed by atoms with Gasteiger partial charge in [-0.25, -0.2) is 9.59 Å². The van der Waals surface area contributed by atoms with E-state index in [1.165, 1.54) is 19.2 Å². The molecule has 108 valence electrons. The summed E-state index contributed by atoms with van der Waals surface area (Å²) in [5, 5.41) is 36.5. The molecule has 0 heterocycles. The van der Waals surface area contributed by atoms with Crippen molar-refractivity contribution in [1.82, 2.24) is 0 Å². The van der Waals surface area contributed by atoms with Crippen molar-refractivity contribution in [2.75, 3.05) is 7.11 Å². The maximum atomic E-state index is 12.0. The summed E-state index contributed by atoms with van der Waals surface area (Å²) in [7, 11) is 1.37. The highest BCUT2D eigenvalue weighted by atomic mass is 16.5. The SMILES string of the molecule is COc1ccc(C(=O)[C@@](O)(C(=O)O)[C@@H](O)C(=O)O)cc1. The van der Waals surface area contributed by atoms with Crippen molar-refractivity contribution in [1.29, 1.82) is 0 Å². The zero-order valence-corrected chi connectivity index (χ0v) is 10.3. The molecule has 20 heavy (non-hydrogen) atoms. The average Bonchev–Trinajstić information content (AvgIpc) is 2.44. The van der Waals surface area contributed by atoms with E-state index in [4.69, 9.17) is 14.9 Å². The first kappa shape index (κ1) is 15.6. The number of hydrogen-bond acceptors (Lipinski definition) is 6. The fourth-order valence-corrected chi connectivity index (χ4v) is 1.48. The maximum Gasteiger partial charge on any atom is 0.347 e. The third-order valence-corrected chi connectivity index (χ3v) is 2.65. The van der Waals surface area contributed by atoms with E-state index in [1.54, 1.807) is 0 Å². The van der Waals surface area contributed by atoms with E-state index >= 15 is 0 Å². The molecule has 8 heteroatoms. The number of benzene rings is 1. The van der Waals surface area contributed by atoms with Gasteiger partial charge in [-0.2, -0.15) is 0 Å². The van der Waals surface area contributed by atoms with Gasteiger partial charge < -0.3 is 25.2 Å². The highest BCUT2D eigenvalue weighted by Crippen LogP contribution is 2.21. The van der Waals surface area contributed by atoms with Gasteiger partial charge in [0.2, 0.25) is 5.78 Å². The zero-order chi connectivity index (χ0) is 15.5. The monoisotopic (exact) mass is 284 g/mol. The molecule has 4 N–H and O–H groups in total. The zero-order valence-electron chi connectivity index (χ0n) is 10.3. The molecule has 0 fully saturated rings.